The summed E-state index contributed by atoms with van der Waals surface area (Å²) in [6.45, 7) is 0.230. The summed E-state index contributed by atoms with van der Waals surface area (Å²) in [6, 6.07) is 11.7. The van der Waals surface area contributed by atoms with E-state index in [-0.39, 0.29) is 6.61 Å². The molecule has 1 aromatic carbocycles. The van der Waals surface area contributed by atoms with Crippen molar-refractivity contribution in [2.45, 2.75) is 44.2 Å². The minimum Gasteiger partial charge on any atom is -0.445 e. The smallest absolute Gasteiger partial charge is 0.408 e. The topological polar surface area (TPSA) is 62.1 Å². The number of nitriles is 1. The summed E-state index contributed by atoms with van der Waals surface area (Å²) in [5.41, 5.74) is 0.207. The largest absolute Gasteiger partial charge is 0.445 e. The standard InChI is InChI=1S/C15H18N2O2/c16-12-15(9-5-2-6-10-15)17-14(18)19-11-13-7-3-1-4-8-13/h1,3-4,7-8H,2,5-6,9-11H2,(H,17,18). The van der Waals surface area contributed by atoms with Gasteiger partial charge in [0.15, 0.2) is 0 Å². The molecule has 0 aliphatic heterocycles. The van der Waals surface area contributed by atoms with Gasteiger partial charge in [-0.1, -0.05) is 49.6 Å². The van der Waals surface area contributed by atoms with Crippen molar-refractivity contribution in [2.75, 3.05) is 0 Å². The van der Waals surface area contributed by atoms with Crippen LogP contribution in [-0.4, -0.2) is 11.6 Å². The molecule has 1 saturated carbocycles. The maximum Gasteiger partial charge on any atom is 0.408 e. The molecule has 0 atom stereocenters. The molecular formula is C15H18N2O2. The van der Waals surface area contributed by atoms with Crippen molar-refractivity contribution in [2.24, 2.45) is 0 Å². The first-order chi connectivity index (χ1) is 9.24. The molecular weight excluding hydrogens is 240 g/mol. The molecule has 1 N–H and O–H groups in total. The first kappa shape index (κ1) is 13.4. The predicted octanol–water partition coefficient (Wildman–Crippen LogP) is 3.14. The van der Waals surface area contributed by atoms with Crippen LogP contribution >= 0.6 is 0 Å². The number of benzene rings is 1. The number of ether oxygens (including phenoxy) is 1. The Morgan fingerprint density at radius 3 is 2.58 bits per heavy atom. The summed E-state index contributed by atoms with van der Waals surface area (Å²) in [6.07, 6.45) is 4.00. The number of amides is 1. The first-order valence-electron chi connectivity index (χ1n) is 6.64. The highest BCUT2D eigenvalue weighted by molar-refractivity contribution is 5.69. The number of alkyl carbamates (subject to hydrolysis) is 1. The van der Waals surface area contributed by atoms with Gasteiger partial charge in [-0.05, 0) is 18.4 Å². The number of carbonyl (C=O) groups is 1. The fraction of sp³-hybridized carbons (Fsp3) is 0.467. The van der Waals surface area contributed by atoms with Crippen molar-refractivity contribution in [1.29, 1.82) is 5.26 Å². The van der Waals surface area contributed by atoms with Gasteiger partial charge in [0.25, 0.3) is 0 Å². The Balaban J connectivity index is 1.85. The molecule has 0 aromatic heterocycles. The molecule has 1 fully saturated rings. The van der Waals surface area contributed by atoms with Crippen LogP contribution in [-0.2, 0) is 11.3 Å². The zero-order valence-electron chi connectivity index (χ0n) is 10.9. The number of carbonyl (C=O) groups excluding carboxylic acids is 1. The summed E-state index contributed by atoms with van der Waals surface area (Å²) < 4.78 is 5.16. The van der Waals surface area contributed by atoms with Gasteiger partial charge in [0, 0.05) is 0 Å². The van der Waals surface area contributed by atoms with Crippen LogP contribution in [0.2, 0.25) is 0 Å². The van der Waals surface area contributed by atoms with Crippen LogP contribution in [0.4, 0.5) is 4.79 Å². The van der Waals surface area contributed by atoms with E-state index < -0.39 is 11.6 Å². The van der Waals surface area contributed by atoms with Crippen LogP contribution in [0.15, 0.2) is 30.3 Å². The third kappa shape index (κ3) is 3.72. The molecule has 1 amide bonds. The summed E-state index contributed by atoms with van der Waals surface area (Å²) in [5, 5.41) is 12.0. The number of nitrogens with zero attached hydrogens (tertiary/aromatic N) is 1. The van der Waals surface area contributed by atoms with Crippen LogP contribution in [0.5, 0.6) is 0 Å². The number of nitrogens with one attached hydrogen (secondary N) is 1. The average molecular weight is 258 g/mol. The fourth-order valence-electron chi connectivity index (χ4n) is 2.37. The second-order valence-corrected chi connectivity index (χ2v) is 4.94. The lowest BCUT2D eigenvalue weighted by Gasteiger charge is -2.30. The molecule has 1 aliphatic carbocycles. The van der Waals surface area contributed by atoms with Crippen molar-refractivity contribution in [3.8, 4) is 6.07 Å². The van der Waals surface area contributed by atoms with E-state index in [1.807, 2.05) is 30.3 Å². The lowest BCUT2D eigenvalue weighted by Crippen LogP contribution is -2.48. The van der Waals surface area contributed by atoms with Crippen LogP contribution in [0.1, 0.15) is 37.7 Å². The third-order valence-corrected chi connectivity index (χ3v) is 3.48. The van der Waals surface area contributed by atoms with Gasteiger partial charge in [-0.3, -0.25) is 0 Å². The maximum absolute atomic E-state index is 11.8. The Labute approximate surface area is 113 Å². The van der Waals surface area contributed by atoms with E-state index in [1.165, 1.54) is 0 Å². The third-order valence-electron chi connectivity index (χ3n) is 3.48. The molecule has 4 nitrogen and oxygen atoms in total. The Morgan fingerprint density at radius 1 is 1.26 bits per heavy atom. The van der Waals surface area contributed by atoms with Gasteiger partial charge in [-0.15, -0.1) is 0 Å². The molecule has 1 aliphatic rings. The van der Waals surface area contributed by atoms with Crippen molar-refractivity contribution in [1.82, 2.24) is 5.32 Å². The monoisotopic (exact) mass is 258 g/mol. The van der Waals surface area contributed by atoms with E-state index in [0.29, 0.717) is 12.8 Å². The quantitative estimate of drug-likeness (QED) is 0.906. The SMILES string of the molecule is N#CC1(NC(=O)OCc2ccccc2)CCCCC1. The molecule has 0 bridgehead atoms. The Hall–Kier alpha value is -2.02. The van der Waals surface area contributed by atoms with Crippen molar-refractivity contribution >= 4 is 6.09 Å². The van der Waals surface area contributed by atoms with Crippen molar-refractivity contribution < 1.29 is 9.53 Å². The zero-order chi connectivity index (χ0) is 13.6. The second kappa shape index (κ2) is 6.24. The second-order valence-electron chi connectivity index (χ2n) is 4.94. The Kier molecular flexibility index (Phi) is 4.40. The molecule has 4 heteroatoms. The molecule has 0 unspecified atom stereocenters. The van der Waals surface area contributed by atoms with Crippen LogP contribution in [0.25, 0.3) is 0 Å². The number of hydrogen-bond acceptors (Lipinski definition) is 3. The number of hydrogen-bond donors (Lipinski definition) is 1. The normalized spacial score (nSPS) is 17.2. The van der Waals surface area contributed by atoms with Gasteiger partial charge in [0.1, 0.15) is 12.1 Å². The van der Waals surface area contributed by atoms with E-state index in [0.717, 1.165) is 24.8 Å². The highest BCUT2D eigenvalue weighted by Crippen LogP contribution is 2.27. The van der Waals surface area contributed by atoms with Gasteiger partial charge in [-0.25, -0.2) is 4.79 Å². The van der Waals surface area contributed by atoms with E-state index >= 15 is 0 Å². The molecule has 0 radical (unpaired) electrons. The van der Waals surface area contributed by atoms with Crippen molar-refractivity contribution in [3.05, 3.63) is 35.9 Å². The van der Waals surface area contributed by atoms with Crippen LogP contribution in [0.3, 0.4) is 0 Å². The van der Waals surface area contributed by atoms with E-state index in [1.54, 1.807) is 0 Å². The molecule has 1 aromatic rings. The summed E-state index contributed by atoms with van der Waals surface area (Å²) in [5.74, 6) is 0. The lowest BCUT2D eigenvalue weighted by atomic mass is 9.83. The van der Waals surface area contributed by atoms with Gasteiger partial charge in [0.05, 0.1) is 6.07 Å². The molecule has 0 spiro atoms. The minimum atomic E-state index is -0.730. The van der Waals surface area contributed by atoms with E-state index in [2.05, 4.69) is 11.4 Å². The molecule has 0 saturated heterocycles. The average Bonchev–Trinajstić information content (AvgIpc) is 2.47. The lowest BCUT2D eigenvalue weighted by molar-refractivity contribution is 0.126. The summed E-state index contributed by atoms with van der Waals surface area (Å²) in [4.78, 5) is 11.8. The Morgan fingerprint density at radius 2 is 1.95 bits per heavy atom. The van der Waals surface area contributed by atoms with Crippen LogP contribution < -0.4 is 5.32 Å². The molecule has 2 rings (SSSR count). The molecule has 100 valence electrons. The predicted molar refractivity (Wildman–Crippen MR) is 71.2 cm³/mol. The summed E-state index contributed by atoms with van der Waals surface area (Å²) in [7, 11) is 0. The highest BCUT2D eigenvalue weighted by Gasteiger charge is 2.34. The summed E-state index contributed by atoms with van der Waals surface area (Å²) >= 11 is 0. The van der Waals surface area contributed by atoms with Gasteiger partial charge in [-0.2, -0.15) is 5.26 Å². The van der Waals surface area contributed by atoms with Crippen molar-refractivity contribution in [3.63, 3.8) is 0 Å². The zero-order valence-corrected chi connectivity index (χ0v) is 10.9. The number of rotatable bonds is 3. The maximum atomic E-state index is 11.8. The fourth-order valence-corrected chi connectivity index (χ4v) is 2.37. The van der Waals surface area contributed by atoms with Gasteiger partial charge < -0.3 is 10.1 Å². The van der Waals surface area contributed by atoms with Gasteiger partial charge in [0.2, 0.25) is 0 Å². The van der Waals surface area contributed by atoms with Crippen LogP contribution in [0, 0.1) is 11.3 Å². The van der Waals surface area contributed by atoms with E-state index in [9.17, 15) is 10.1 Å². The minimum absolute atomic E-state index is 0.230. The van der Waals surface area contributed by atoms with Gasteiger partial charge >= 0.3 is 6.09 Å². The first-order valence-corrected chi connectivity index (χ1v) is 6.64. The van der Waals surface area contributed by atoms with E-state index in [4.69, 9.17) is 4.74 Å². The Bertz CT molecular complexity index is 459. The molecule has 19 heavy (non-hydrogen) atoms. The highest BCUT2D eigenvalue weighted by atomic mass is 16.5. The molecule has 0 heterocycles.